The Morgan fingerprint density at radius 2 is 1.69 bits per heavy atom. The maximum Gasteiger partial charge on any atom is 0.283 e. The Hall–Kier alpha value is -2.49. The van der Waals surface area contributed by atoms with E-state index in [-0.39, 0.29) is 5.41 Å². The van der Waals surface area contributed by atoms with Crippen LogP contribution >= 0.6 is 0 Å². The van der Waals surface area contributed by atoms with Crippen LogP contribution in [0.2, 0.25) is 0 Å². The SMILES string of the molecule is Cc1cc(C(C)(C)C)cc(C)c1S(=O)(=O)N1CCN(Cc2nnc(-c3ccco3)o2)CC1. The van der Waals surface area contributed by atoms with E-state index in [1.807, 2.05) is 26.0 Å². The van der Waals surface area contributed by atoms with Gasteiger partial charge in [0.05, 0.1) is 17.7 Å². The van der Waals surface area contributed by atoms with Crippen LogP contribution < -0.4 is 0 Å². The van der Waals surface area contributed by atoms with Crippen LogP contribution in [-0.4, -0.2) is 54.0 Å². The van der Waals surface area contributed by atoms with Gasteiger partial charge in [-0.2, -0.15) is 4.31 Å². The molecule has 0 spiro atoms. The quantitative estimate of drug-likeness (QED) is 0.575. The molecule has 8 nitrogen and oxygen atoms in total. The number of piperazine rings is 1. The average Bonchev–Trinajstić information content (AvgIpc) is 3.38. The van der Waals surface area contributed by atoms with Gasteiger partial charge in [-0.05, 0) is 48.1 Å². The molecule has 1 aliphatic heterocycles. The second kappa shape index (κ2) is 8.46. The molecule has 172 valence electrons. The third kappa shape index (κ3) is 4.51. The molecule has 2 aromatic heterocycles. The van der Waals surface area contributed by atoms with Crippen LogP contribution in [0.25, 0.3) is 11.7 Å². The number of rotatable bonds is 5. The Morgan fingerprint density at radius 1 is 1.03 bits per heavy atom. The van der Waals surface area contributed by atoms with E-state index in [4.69, 9.17) is 8.83 Å². The molecule has 9 heteroatoms. The lowest BCUT2D eigenvalue weighted by molar-refractivity contribution is 0.168. The summed E-state index contributed by atoms with van der Waals surface area (Å²) in [4.78, 5) is 2.55. The molecular formula is C23H30N4O4S. The summed E-state index contributed by atoms with van der Waals surface area (Å²) in [6, 6.07) is 7.53. The summed E-state index contributed by atoms with van der Waals surface area (Å²) in [5.74, 6) is 1.36. The number of aromatic nitrogens is 2. The summed E-state index contributed by atoms with van der Waals surface area (Å²) in [7, 11) is -3.56. The fourth-order valence-electron chi connectivity index (χ4n) is 4.06. The largest absolute Gasteiger partial charge is 0.459 e. The van der Waals surface area contributed by atoms with Gasteiger partial charge < -0.3 is 8.83 Å². The zero-order valence-electron chi connectivity index (χ0n) is 19.3. The van der Waals surface area contributed by atoms with Crippen molar-refractivity contribution in [1.82, 2.24) is 19.4 Å². The second-order valence-electron chi connectivity index (χ2n) is 9.35. The molecule has 4 rings (SSSR count). The van der Waals surface area contributed by atoms with E-state index in [1.54, 1.807) is 22.7 Å². The molecule has 0 N–H and O–H groups in total. The summed E-state index contributed by atoms with van der Waals surface area (Å²) < 4.78 is 39.4. The van der Waals surface area contributed by atoms with Gasteiger partial charge in [-0.1, -0.05) is 32.9 Å². The van der Waals surface area contributed by atoms with Gasteiger partial charge in [0.2, 0.25) is 15.9 Å². The van der Waals surface area contributed by atoms with Crippen molar-refractivity contribution >= 4 is 10.0 Å². The van der Waals surface area contributed by atoms with E-state index < -0.39 is 10.0 Å². The zero-order chi connectivity index (χ0) is 23.1. The van der Waals surface area contributed by atoms with Gasteiger partial charge in [-0.15, -0.1) is 10.2 Å². The number of sulfonamides is 1. The van der Waals surface area contributed by atoms with E-state index in [1.165, 1.54) is 0 Å². The predicted molar refractivity (Wildman–Crippen MR) is 121 cm³/mol. The summed E-state index contributed by atoms with van der Waals surface area (Å²) >= 11 is 0. The number of nitrogens with zero attached hydrogens (tertiary/aromatic N) is 4. The Balaban J connectivity index is 1.44. The molecule has 3 heterocycles. The van der Waals surface area contributed by atoms with Crippen LogP contribution in [0.15, 0.2) is 44.3 Å². The molecular weight excluding hydrogens is 428 g/mol. The van der Waals surface area contributed by atoms with E-state index in [2.05, 4.69) is 35.9 Å². The molecule has 0 bridgehead atoms. The van der Waals surface area contributed by atoms with Crippen LogP contribution in [0, 0.1) is 13.8 Å². The smallest absolute Gasteiger partial charge is 0.283 e. The highest BCUT2D eigenvalue weighted by Gasteiger charge is 2.32. The van der Waals surface area contributed by atoms with Gasteiger partial charge in [-0.3, -0.25) is 4.90 Å². The van der Waals surface area contributed by atoms with Gasteiger partial charge in [0.25, 0.3) is 5.89 Å². The Morgan fingerprint density at radius 3 is 2.25 bits per heavy atom. The van der Waals surface area contributed by atoms with Crippen LogP contribution in [0.3, 0.4) is 0 Å². The minimum Gasteiger partial charge on any atom is -0.459 e. The maximum absolute atomic E-state index is 13.4. The van der Waals surface area contributed by atoms with E-state index in [9.17, 15) is 8.42 Å². The van der Waals surface area contributed by atoms with Crippen LogP contribution in [-0.2, 0) is 22.0 Å². The Bertz CT molecular complexity index is 1160. The van der Waals surface area contributed by atoms with Gasteiger partial charge in [-0.25, -0.2) is 8.42 Å². The minimum absolute atomic E-state index is 0.0328. The van der Waals surface area contributed by atoms with Crippen molar-refractivity contribution < 1.29 is 17.3 Å². The van der Waals surface area contributed by atoms with Crippen LogP contribution in [0.1, 0.15) is 43.4 Å². The van der Waals surface area contributed by atoms with E-state index >= 15 is 0 Å². The number of benzene rings is 1. The Kier molecular flexibility index (Phi) is 6.00. The van der Waals surface area contributed by atoms with E-state index in [0.29, 0.717) is 55.2 Å². The highest BCUT2D eigenvalue weighted by Crippen LogP contribution is 2.31. The van der Waals surface area contributed by atoms with Crippen molar-refractivity contribution in [3.63, 3.8) is 0 Å². The fourth-order valence-corrected chi connectivity index (χ4v) is 5.89. The molecule has 0 aliphatic carbocycles. The van der Waals surface area contributed by atoms with Gasteiger partial charge >= 0.3 is 0 Å². The Labute approximate surface area is 189 Å². The van der Waals surface area contributed by atoms with Gasteiger partial charge in [0.1, 0.15) is 0 Å². The molecule has 0 amide bonds. The molecule has 0 radical (unpaired) electrons. The van der Waals surface area contributed by atoms with Crippen LogP contribution in [0.4, 0.5) is 0 Å². The molecule has 0 saturated carbocycles. The topological polar surface area (TPSA) is 92.7 Å². The summed E-state index contributed by atoms with van der Waals surface area (Å²) in [6.45, 7) is 12.7. The first-order chi connectivity index (χ1) is 15.1. The summed E-state index contributed by atoms with van der Waals surface area (Å²) in [5.41, 5.74) is 2.71. The van der Waals surface area contributed by atoms with Crippen molar-refractivity contribution in [2.45, 2.75) is 51.5 Å². The monoisotopic (exact) mass is 458 g/mol. The predicted octanol–water partition coefficient (Wildman–Crippen LogP) is 3.75. The van der Waals surface area contributed by atoms with E-state index in [0.717, 1.165) is 16.7 Å². The molecule has 1 saturated heterocycles. The molecule has 1 fully saturated rings. The van der Waals surface area contributed by atoms with Crippen LogP contribution in [0.5, 0.6) is 0 Å². The standard InChI is InChI=1S/C23H30N4O4S/c1-16-13-18(23(3,4)5)14-17(2)21(16)32(28,29)27-10-8-26(9-11-27)15-20-24-25-22(31-20)19-7-6-12-30-19/h6-7,12-14H,8-11,15H2,1-5H3. The van der Waals surface area contributed by atoms with Crippen molar-refractivity contribution in [3.05, 3.63) is 53.1 Å². The van der Waals surface area contributed by atoms with Gasteiger partial charge in [0.15, 0.2) is 5.76 Å². The van der Waals surface area contributed by atoms with Crippen molar-refractivity contribution in [2.24, 2.45) is 0 Å². The molecule has 1 aromatic carbocycles. The first-order valence-corrected chi connectivity index (χ1v) is 12.2. The first kappa shape index (κ1) is 22.7. The third-order valence-corrected chi connectivity index (χ3v) is 8.02. The third-order valence-electron chi connectivity index (χ3n) is 5.81. The van der Waals surface area contributed by atoms with Crippen molar-refractivity contribution in [2.75, 3.05) is 26.2 Å². The molecule has 32 heavy (non-hydrogen) atoms. The normalized spacial score (nSPS) is 16.5. The van der Waals surface area contributed by atoms with Crippen molar-refractivity contribution in [1.29, 1.82) is 0 Å². The number of hydrogen-bond donors (Lipinski definition) is 0. The highest BCUT2D eigenvalue weighted by atomic mass is 32.2. The number of aryl methyl sites for hydroxylation is 2. The lowest BCUT2D eigenvalue weighted by Gasteiger charge is -2.34. The highest BCUT2D eigenvalue weighted by molar-refractivity contribution is 7.89. The van der Waals surface area contributed by atoms with Crippen molar-refractivity contribution in [3.8, 4) is 11.7 Å². The molecule has 0 unspecified atom stereocenters. The average molecular weight is 459 g/mol. The second-order valence-corrected chi connectivity index (χ2v) is 11.2. The fraction of sp³-hybridized carbons (Fsp3) is 0.478. The zero-order valence-corrected chi connectivity index (χ0v) is 20.1. The molecule has 3 aromatic rings. The first-order valence-electron chi connectivity index (χ1n) is 10.8. The lowest BCUT2D eigenvalue weighted by Crippen LogP contribution is -2.48. The maximum atomic E-state index is 13.4. The summed E-state index contributed by atoms with van der Waals surface area (Å²) in [6.07, 6.45) is 1.55. The lowest BCUT2D eigenvalue weighted by atomic mass is 9.85. The summed E-state index contributed by atoms with van der Waals surface area (Å²) in [5, 5.41) is 8.10. The minimum atomic E-state index is -3.56. The number of furan rings is 1. The molecule has 1 aliphatic rings. The number of hydrogen-bond acceptors (Lipinski definition) is 7. The molecule has 0 atom stereocenters. The van der Waals surface area contributed by atoms with Gasteiger partial charge in [0, 0.05) is 26.2 Å².